The molecule has 5 nitrogen and oxygen atoms in total. The predicted octanol–water partition coefficient (Wildman–Crippen LogP) is 0.816. The first-order chi connectivity index (χ1) is 7.87. The van der Waals surface area contributed by atoms with Crippen LogP contribution in [-0.4, -0.2) is 48.2 Å². The first-order valence-electron chi connectivity index (χ1n) is 5.79. The van der Waals surface area contributed by atoms with Crippen molar-refractivity contribution in [1.29, 1.82) is 0 Å². The van der Waals surface area contributed by atoms with Gasteiger partial charge in [0.2, 0.25) is 0 Å². The average Bonchev–Trinajstić information content (AvgIpc) is 2.47. The van der Waals surface area contributed by atoms with Crippen LogP contribution in [0.3, 0.4) is 0 Å². The van der Waals surface area contributed by atoms with E-state index in [2.05, 4.69) is 6.58 Å². The Morgan fingerprint density at radius 3 is 2.82 bits per heavy atom. The maximum absolute atomic E-state index is 10.4. The second-order valence-corrected chi connectivity index (χ2v) is 5.10. The van der Waals surface area contributed by atoms with Gasteiger partial charge in [0.25, 0.3) is 0 Å². The molecule has 4 atom stereocenters. The largest absolute Gasteiger partial charge is 0.382 e. The molecule has 0 aromatic carbocycles. The van der Waals surface area contributed by atoms with Crippen molar-refractivity contribution in [2.75, 3.05) is 13.2 Å². The minimum absolute atomic E-state index is 0.298. The van der Waals surface area contributed by atoms with Gasteiger partial charge in [-0.25, -0.2) is 0 Å². The highest BCUT2D eigenvalue weighted by molar-refractivity contribution is 5.01. The van der Waals surface area contributed by atoms with Gasteiger partial charge in [-0.05, 0) is 20.8 Å². The van der Waals surface area contributed by atoms with Crippen molar-refractivity contribution in [2.45, 2.75) is 50.7 Å². The van der Waals surface area contributed by atoms with Crippen LogP contribution in [0.25, 0.3) is 0 Å². The Balaban J connectivity index is 2.10. The van der Waals surface area contributed by atoms with Crippen LogP contribution in [0, 0.1) is 0 Å². The number of hydrogen-bond donors (Lipinski definition) is 1. The normalized spacial score (nSPS) is 44.4. The standard InChI is InChI=1S/C12H20O5/c1-5-6-14-10-12(4,13)9-8(16-10)7-15-11(2,3)17-9/h5,8-10,13H,1,6-7H2,2-4H3/t8-,9+,10?,12+/m1/s1. The summed E-state index contributed by atoms with van der Waals surface area (Å²) >= 11 is 0. The Labute approximate surface area is 101 Å². The van der Waals surface area contributed by atoms with Crippen molar-refractivity contribution >= 4 is 0 Å². The summed E-state index contributed by atoms with van der Waals surface area (Å²) in [4.78, 5) is 0. The highest BCUT2D eigenvalue weighted by atomic mass is 16.8. The molecule has 2 heterocycles. The van der Waals surface area contributed by atoms with E-state index in [0.29, 0.717) is 13.2 Å². The van der Waals surface area contributed by atoms with Gasteiger partial charge in [0.15, 0.2) is 12.1 Å². The molecule has 0 saturated carbocycles. The molecule has 2 aliphatic heterocycles. The predicted molar refractivity (Wildman–Crippen MR) is 60.3 cm³/mol. The van der Waals surface area contributed by atoms with Gasteiger partial charge in [0.1, 0.15) is 17.8 Å². The monoisotopic (exact) mass is 244 g/mol. The molecule has 98 valence electrons. The van der Waals surface area contributed by atoms with Gasteiger partial charge in [-0.1, -0.05) is 6.08 Å². The zero-order valence-electron chi connectivity index (χ0n) is 10.5. The van der Waals surface area contributed by atoms with Gasteiger partial charge in [0.05, 0.1) is 13.2 Å². The molecule has 0 amide bonds. The summed E-state index contributed by atoms with van der Waals surface area (Å²) in [5.74, 6) is -0.707. The molecule has 1 unspecified atom stereocenters. The minimum atomic E-state index is -1.19. The summed E-state index contributed by atoms with van der Waals surface area (Å²) in [5.41, 5.74) is -1.19. The third-order valence-electron chi connectivity index (χ3n) is 3.06. The molecule has 2 fully saturated rings. The SMILES string of the molecule is C=CCOC1O[C@@H]2COC(C)(C)O[C@@H]2[C@]1(C)O. The maximum atomic E-state index is 10.4. The second kappa shape index (κ2) is 4.33. The van der Waals surface area contributed by atoms with E-state index in [4.69, 9.17) is 18.9 Å². The summed E-state index contributed by atoms with van der Waals surface area (Å²) in [6.07, 6.45) is 0.157. The van der Waals surface area contributed by atoms with Crippen molar-refractivity contribution in [3.8, 4) is 0 Å². The van der Waals surface area contributed by atoms with Gasteiger partial charge < -0.3 is 24.1 Å². The van der Waals surface area contributed by atoms with Crippen LogP contribution in [-0.2, 0) is 18.9 Å². The smallest absolute Gasteiger partial charge is 0.189 e. The van der Waals surface area contributed by atoms with Crippen LogP contribution >= 0.6 is 0 Å². The van der Waals surface area contributed by atoms with E-state index in [-0.39, 0.29) is 6.10 Å². The second-order valence-electron chi connectivity index (χ2n) is 5.10. The lowest BCUT2D eigenvalue weighted by Gasteiger charge is -2.40. The molecule has 0 bridgehead atoms. The fourth-order valence-electron chi connectivity index (χ4n) is 2.19. The Morgan fingerprint density at radius 2 is 2.18 bits per heavy atom. The molecule has 0 spiro atoms. The van der Waals surface area contributed by atoms with Crippen molar-refractivity contribution in [3.63, 3.8) is 0 Å². The van der Waals surface area contributed by atoms with Crippen LogP contribution in [0.5, 0.6) is 0 Å². The Bertz CT molecular complexity index is 299. The summed E-state index contributed by atoms with van der Waals surface area (Å²) in [5, 5.41) is 10.4. The first kappa shape index (κ1) is 13.0. The molecule has 0 radical (unpaired) electrons. The molecule has 1 N–H and O–H groups in total. The molecule has 5 heteroatoms. The average molecular weight is 244 g/mol. The van der Waals surface area contributed by atoms with E-state index < -0.39 is 23.8 Å². The summed E-state index contributed by atoms with van der Waals surface area (Å²) < 4.78 is 22.2. The molecule has 2 aliphatic rings. The van der Waals surface area contributed by atoms with Crippen LogP contribution in [0.4, 0.5) is 0 Å². The van der Waals surface area contributed by atoms with Crippen molar-refractivity contribution < 1.29 is 24.1 Å². The molecule has 2 rings (SSSR count). The van der Waals surface area contributed by atoms with E-state index in [1.54, 1.807) is 13.0 Å². The number of ether oxygens (including phenoxy) is 4. The van der Waals surface area contributed by atoms with Crippen molar-refractivity contribution in [1.82, 2.24) is 0 Å². The molecule has 0 aromatic rings. The number of aliphatic hydroxyl groups is 1. The third-order valence-corrected chi connectivity index (χ3v) is 3.06. The Hall–Kier alpha value is -0.460. The van der Waals surface area contributed by atoms with Gasteiger partial charge in [0, 0.05) is 0 Å². The Morgan fingerprint density at radius 1 is 1.47 bits per heavy atom. The summed E-state index contributed by atoms with van der Waals surface area (Å²) in [6.45, 7) is 9.57. The lowest BCUT2D eigenvalue weighted by atomic mass is 9.96. The zero-order chi connectivity index (χ0) is 12.7. The topological polar surface area (TPSA) is 57.2 Å². The van der Waals surface area contributed by atoms with E-state index in [1.165, 1.54) is 0 Å². The molecule has 2 saturated heterocycles. The first-order valence-corrected chi connectivity index (χ1v) is 5.79. The van der Waals surface area contributed by atoms with Crippen LogP contribution in [0.2, 0.25) is 0 Å². The van der Waals surface area contributed by atoms with Gasteiger partial charge in [-0.3, -0.25) is 0 Å². The van der Waals surface area contributed by atoms with Crippen LogP contribution in [0.15, 0.2) is 12.7 Å². The van der Waals surface area contributed by atoms with Crippen molar-refractivity contribution in [3.05, 3.63) is 12.7 Å². The van der Waals surface area contributed by atoms with Crippen LogP contribution < -0.4 is 0 Å². The van der Waals surface area contributed by atoms with E-state index in [1.807, 2.05) is 13.8 Å². The molecular weight excluding hydrogens is 224 g/mol. The van der Waals surface area contributed by atoms with E-state index >= 15 is 0 Å². The van der Waals surface area contributed by atoms with E-state index in [9.17, 15) is 5.11 Å². The highest BCUT2D eigenvalue weighted by Crippen LogP contribution is 2.39. The van der Waals surface area contributed by atoms with Crippen molar-refractivity contribution in [2.24, 2.45) is 0 Å². The zero-order valence-corrected chi connectivity index (χ0v) is 10.5. The molecule has 17 heavy (non-hydrogen) atoms. The number of hydrogen-bond acceptors (Lipinski definition) is 5. The minimum Gasteiger partial charge on any atom is -0.382 e. The fourth-order valence-corrected chi connectivity index (χ4v) is 2.19. The quantitative estimate of drug-likeness (QED) is 0.745. The number of rotatable bonds is 3. The number of fused-ring (bicyclic) bond motifs is 1. The van der Waals surface area contributed by atoms with Gasteiger partial charge in [-0.2, -0.15) is 0 Å². The molecule has 0 aromatic heterocycles. The van der Waals surface area contributed by atoms with Gasteiger partial charge in [-0.15, -0.1) is 6.58 Å². The Kier molecular flexibility index (Phi) is 3.31. The highest BCUT2D eigenvalue weighted by Gasteiger charge is 2.58. The fraction of sp³-hybridized carbons (Fsp3) is 0.833. The van der Waals surface area contributed by atoms with E-state index in [0.717, 1.165) is 0 Å². The lowest BCUT2D eigenvalue weighted by molar-refractivity contribution is -0.307. The summed E-state index contributed by atoms with van der Waals surface area (Å²) in [7, 11) is 0. The van der Waals surface area contributed by atoms with Crippen LogP contribution in [0.1, 0.15) is 20.8 Å². The summed E-state index contributed by atoms with van der Waals surface area (Å²) in [6, 6.07) is 0. The molecular formula is C12H20O5. The maximum Gasteiger partial charge on any atom is 0.189 e. The van der Waals surface area contributed by atoms with Gasteiger partial charge >= 0.3 is 0 Å². The third kappa shape index (κ3) is 2.39. The lowest BCUT2D eigenvalue weighted by Crippen LogP contribution is -2.55. The molecule has 0 aliphatic carbocycles.